The maximum absolute atomic E-state index is 12.3. The molecule has 130 valence electrons. The normalized spacial score (nSPS) is 15.0. The topological polar surface area (TPSA) is 105 Å². The van der Waals surface area contributed by atoms with Crippen LogP contribution in [0.15, 0.2) is 23.0 Å². The molecule has 0 bridgehead atoms. The van der Waals surface area contributed by atoms with Crippen LogP contribution in [-0.2, 0) is 0 Å². The quantitative estimate of drug-likeness (QED) is 0.743. The molecule has 3 aromatic rings. The number of carbonyl (C=O) groups is 1. The third kappa shape index (κ3) is 2.97. The zero-order valence-corrected chi connectivity index (χ0v) is 14.0. The van der Waals surface area contributed by atoms with Crippen LogP contribution in [0.5, 0.6) is 0 Å². The van der Waals surface area contributed by atoms with E-state index in [1.165, 1.54) is 0 Å². The Morgan fingerprint density at radius 2 is 2.00 bits per heavy atom. The highest BCUT2D eigenvalue weighted by Gasteiger charge is 2.23. The van der Waals surface area contributed by atoms with Gasteiger partial charge >= 0.3 is 6.03 Å². The number of rotatable bonds is 2. The van der Waals surface area contributed by atoms with Gasteiger partial charge in [0.15, 0.2) is 17.3 Å². The van der Waals surface area contributed by atoms with E-state index in [-0.39, 0.29) is 6.03 Å². The summed E-state index contributed by atoms with van der Waals surface area (Å²) in [6, 6.07) is 1.51. The Balaban J connectivity index is 1.43. The van der Waals surface area contributed by atoms with Crippen molar-refractivity contribution in [1.29, 1.82) is 0 Å². The third-order valence-electron chi connectivity index (χ3n) is 4.09. The molecule has 1 N–H and O–H groups in total. The van der Waals surface area contributed by atoms with E-state index in [0.29, 0.717) is 43.6 Å². The molecule has 0 aliphatic carbocycles. The molecule has 10 heteroatoms. The van der Waals surface area contributed by atoms with Gasteiger partial charge in [0.1, 0.15) is 11.6 Å². The summed E-state index contributed by atoms with van der Waals surface area (Å²) in [5.41, 5.74) is 0.719. The zero-order chi connectivity index (χ0) is 17.4. The van der Waals surface area contributed by atoms with Gasteiger partial charge in [0.25, 0.3) is 0 Å². The Morgan fingerprint density at radius 3 is 2.72 bits per heavy atom. The smallest absolute Gasteiger partial charge is 0.323 e. The van der Waals surface area contributed by atoms with Crippen molar-refractivity contribution < 1.29 is 9.32 Å². The molecule has 0 radical (unpaired) electrons. The summed E-state index contributed by atoms with van der Waals surface area (Å²) in [6.07, 6.45) is 3.46. The number of hydrogen-bond acceptors (Lipinski definition) is 7. The summed E-state index contributed by atoms with van der Waals surface area (Å²) < 4.78 is 6.74. The lowest BCUT2D eigenvalue weighted by molar-refractivity contribution is 0.207. The molecule has 1 fully saturated rings. The first-order valence-electron chi connectivity index (χ1n) is 8.02. The highest BCUT2D eigenvalue weighted by atomic mass is 16.5. The largest absolute Gasteiger partial charge is 0.360 e. The third-order valence-corrected chi connectivity index (χ3v) is 4.09. The summed E-state index contributed by atoms with van der Waals surface area (Å²) in [7, 11) is 0. The lowest BCUT2D eigenvalue weighted by Gasteiger charge is -2.35. The van der Waals surface area contributed by atoms with E-state index in [9.17, 15) is 4.79 Å². The molecule has 0 atom stereocenters. The number of piperazine rings is 1. The first kappa shape index (κ1) is 15.4. The molecule has 1 aliphatic rings. The molecule has 25 heavy (non-hydrogen) atoms. The standard InChI is InChI=1S/C15H18N8O2/c1-10-7-12(20-25-10)18-15(24)22-5-3-21(4-6-22)14-9-16-8-13-17-11(2)19-23(13)14/h7-9H,3-6H2,1-2H3,(H,18,20,24). The highest BCUT2D eigenvalue weighted by Crippen LogP contribution is 2.17. The van der Waals surface area contributed by atoms with Crippen LogP contribution in [0.2, 0.25) is 0 Å². The number of carbonyl (C=O) groups excluding carboxylic acids is 1. The Hall–Kier alpha value is -3.17. The molecule has 0 saturated carbocycles. The fraction of sp³-hybridized carbons (Fsp3) is 0.400. The molecule has 4 rings (SSSR count). The van der Waals surface area contributed by atoms with E-state index >= 15 is 0 Å². The second kappa shape index (κ2) is 6.04. The number of amides is 2. The maximum Gasteiger partial charge on any atom is 0.323 e. The zero-order valence-electron chi connectivity index (χ0n) is 14.0. The molecule has 10 nitrogen and oxygen atoms in total. The second-order valence-electron chi connectivity index (χ2n) is 5.92. The van der Waals surface area contributed by atoms with Gasteiger partial charge in [0.2, 0.25) is 0 Å². The van der Waals surface area contributed by atoms with Crippen LogP contribution < -0.4 is 10.2 Å². The van der Waals surface area contributed by atoms with E-state index < -0.39 is 0 Å². The van der Waals surface area contributed by atoms with E-state index in [0.717, 1.165) is 11.5 Å². The van der Waals surface area contributed by atoms with Crippen LogP contribution in [-0.4, -0.2) is 61.8 Å². The van der Waals surface area contributed by atoms with E-state index in [1.807, 2.05) is 6.92 Å². The van der Waals surface area contributed by atoms with Gasteiger partial charge in [-0.05, 0) is 13.8 Å². The minimum absolute atomic E-state index is 0.180. The van der Waals surface area contributed by atoms with Gasteiger partial charge in [0.05, 0.1) is 12.4 Å². The molecule has 4 heterocycles. The van der Waals surface area contributed by atoms with Crippen LogP contribution in [0.1, 0.15) is 11.6 Å². The van der Waals surface area contributed by atoms with Crippen molar-refractivity contribution >= 4 is 23.3 Å². The van der Waals surface area contributed by atoms with Gasteiger partial charge in [-0.2, -0.15) is 4.52 Å². The monoisotopic (exact) mass is 342 g/mol. The summed E-state index contributed by atoms with van der Waals surface area (Å²) >= 11 is 0. The van der Waals surface area contributed by atoms with Gasteiger partial charge in [-0.15, -0.1) is 5.10 Å². The number of nitrogens with one attached hydrogen (secondary N) is 1. The summed E-state index contributed by atoms with van der Waals surface area (Å²) in [6.45, 7) is 6.18. The van der Waals surface area contributed by atoms with E-state index in [1.54, 1.807) is 34.8 Å². The molecule has 1 saturated heterocycles. The molecule has 0 aromatic carbocycles. The van der Waals surface area contributed by atoms with Crippen molar-refractivity contribution in [2.24, 2.45) is 0 Å². The Labute approximate surface area is 143 Å². The lowest BCUT2D eigenvalue weighted by Crippen LogP contribution is -2.50. The van der Waals surface area contributed by atoms with Gasteiger partial charge in [-0.1, -0.05) is 5.16 Å². The van der Waals surface area contributed by atoms with Crippen molar-refractivity contribution in [1.82, 2.24) is 29.6 Å². The predicted octanol–water partition coefficient (Wildman–Crippen LogP) is 1.08. The van der Waals surface area contributed by atoms with Crippen molar-refractivity contribution in [2.45, 2.75) is 13.8 Å². The van der Waals surface area contributed by atoms with Gasteiger partial charge < -0.3 is 14.3 Å². The van der Waals surface area contributed by atoms with E-state index in [4.69, 9.17) is 4.52 Å². The predicted molar refractivity (Wildman–Crippen MR) is 89.6 cm³/mol. The van der Waals surface area contributed by atoms with Crippen molar-refractivity contribution in [3.8, 4) is 0 Å². The molecule has 2 amide bonds. The molecule has 3 aromatic heterocycles. The van der Waals surface area contributed by atoms with Crippen molar-refractivity contribution in [2.75, 3.05) is 36.4 Å². The number of fused-ring (bicyclic) bond motifs is 1. The summed E-state index contributed by atoms with van der Waals surface area (Å²) in [5.74, 6) is 2.67. The molecular formula is C15H18N8O2. The summed E-state index contributed by atoms with van der Waals surface area (Å²) in [4.78, 5) is 24.8. The number of nitrogens with zero attached hydrogens (tertiary/aromatic N) is 7. The number of aromatic nitrogens is 5. The van der Waals surface area contributed by atoms with Crippen LogP contribution >= 0.6 is 0 Å². The number of aryl methyl sites for hydroxylation is 2. The first-order chi connectivity index (χ1) is 12.1. The van der Waals surface area contributed by atoms with Crippen molar-refractivity contribution in [3.05, 3.63) is 30.0 Å². The van der Waals surface area contributed by atoms with Gasteiger partial charge in [-0.25, -0.2) is 9.78 Å². The Bertz CT molecular complexity index is 909. The average Bonchev–Trinajstić information content (AvgIpc) is 3.19. The van der Waals surface area contributed by atoms with Crippen LogP contribution in [0.25, 0.3) is 5.65 Å². The molecule has 0 unspecified atom stereocenters. The fourth-order valence-electron chi connectivity index (χ4n) is 2.88. The van der Waals surface area contributed by atoms with Crippen LogP contribution in [0, 0.1) is 13.8 Å². The SMILES string of the molecule is Cc1nc2cncc(N3CCN(C(=O)Nc4cc(C)on4)CC3)n2n1. The average molecular weight is 342 g/mol. The molecule has 1 aliphatic heterocycles. The van der Waals surface area contributed by atoms with E-state index in [2.05, 4.69) is 30.4 Å². The lowest BCUT2D eigenvalue weighted by atomic mass is 10.3. The minimum atomic E-state index is -0.180. The molecule has 0 spiro atoms. The number of urea groups is 1. The summed E-state index contributed by atoms with van der Waals surface area (Å²) in [5, 5.41) is 10.9. The second-order valence-corrected chi connectivity index (χ2v) is 5.92. The van der Waals surface area contributed by atoms with Crippen LogP contribution in [0.4, 0.5) is 16.4 Å². The van der Waals surface area contributed by atoms with Crippen LogP contribution in [0.3, 0.4) is 0 Å². The Kier molecular flexibility index (Phi) is 3.71. The fourth-order valence-corrected chi connectivity index (χ4v) is 2.88. The maximum atomic E-state index is 12.3. The molecular weight excluding hydrogens is 324 g/mol. The number of hydrogen-bond donors (Lipinski definition) is 1. The van der Waals surface area contributed by atoms with Gasteiger partial charge in [-0.3, -0.25) is 10.3 Å². The number of anilines is 2. The minimum Gasteiger partial charge on any atom is -0.360 e. The Morgan fingerprint density at radius 1 is 1.20 bits per heavy atom. The first-order valence-corrected chi connectivity index (χ1v) is 8.02. The van der Waals surface area contributed by atoms with Gasteiger partial charge in [0, 0.05) is 32.2 Å². The van der Waals surface area contributed by atoms with Crippen molar-refractivity contribution in [3.63, 3.8) is 0 Å². The highest BCUT2D eigenvalue weighted by molar-refractivity contribution is 5.88.